The van der Waals surface area contributed by atoms with Gasteiger partial charge in [-0.15, -0.1) is 0 Å². The number of aliphatic carboxylic acids is 1. The number of benzene rings is 1. The van der Waals surface area contributed by atoms with E-state index < -0.39 is 5.97 Å². The summed E-state index contributed by atoms with van der Waals surface area (Å²) < 4.78 is 19.0. The molecule has 1 aromatic rings. The average Bonchev–Trinajstić information content (AvgIpc) is 2.64. The molecule has 1 aromatic carbocycles. The van der Waals surface area contributed by atoms with Crippen molar-refractivity contribution in [1.82, 2.24) is 5.32 Å². The van der Waals surface area contributed by atoms with E-state index in [0.29, 0.717) is 63.4 Å². The van der Waals surface area contributed by atoms with Crippen molar-refractivity contribution in [3.63, 3.8) is 0 Å². The van der Waals surface area contributed by atoms with Gasteiger partial charge in [0.25, 0.3) is 0 Å². The van der Waals surface area contributed by atoms with Gasteiger partial charge in [-0.2, -0.15) is 0 Å². The van der Waals surface area contributed by atoms with Gasteiger partial charge in [0.15, 0.2) is 0 Å². The Morgan fingerprint density at radius 1 is 1.15 bits per heavy atom. The largest absolute Gasteiger partial charge is 0.481 e. The Morgan fingerprint density at radius 3 is 2.50 bits per heavy atom. The molecule has 1 aliphatic carbocycles. The van der Waals surface area contributed by atoms with E-state index in [-0.39, 0.29) is 23.8 Å². The van der Waals surface area contributed by atoms with Gasteiger partial charge >= 0.3 is 12.0 Å². The molecule has 1 saturated heterocycles. The average molecular weight is 365 g/mol. The summed E-state index contributed by atoms with van der Waals surface area (Å²) in [4.78, 5) is 25.3. The van der Waals surface area contributed by atoms with E-state index in [1.165, 1.54) is 12.1 Å². The highest BCUT2D eigenvalue weighted by atomic mass is 19.1. The van der Waals surface area contributed by atoms with Crippen molar-refractivity contribution in [3.05, 3.63) is 24.0 Å². The quantitative estimate of drug-likeness (QED) is 0.762. The number of halogens is 1. The van der Waals surface area contributed by atoms with Gasteiger partial charge in [-0.1, -0.05) is 0 Å². The second-order valence-corrected chi connectivity index (χ2v) is 6.75. The lowest BCUT2D eigenvalue weighted by Gasteiger charge is -2.31. The van der Waals surface area contributed by atoms with E-state index in [2.05, 4.69) is 10.6 Å². The fraction of sp³-hybridized carbons (Fsp3) is 0.556. The number of ether oxygens (including phenoxy) is 1. The van der Waals surface area contributed by atoms with Gasteiger partial charge in [0.1, 0.15) is 5.82 Å². The van der Waals surface area contributed by atoms with Crippen LogP contribution in [0.25, 0.3) is 0 Å². The van der Waals surface area contributed by atoms with Crippen molar-refractivity contribution < 1.29 is 23.8 Å². The Kier molecular flexibility index (Phi) is 5.92. The van der Waals surface area contributed by atoms with Crippen LogP contribution in [0.4, 0.5) is 20.6 Å². The molecule has 0 bridgehead atoms. The lowest BCUT2D eigenvalue weighted by atomic mass is 9.86. The topological polar surface area (TPSA) is 90.9 Å². The molecule has 142 valence electrons. The third kappa shape index (κ3) is 4.63. The van der Waals surface area contributed by atoms with Gasteiger partial charge in [0.05, 0.1) is 30.5 Å². The molecule has 2 amide bonds. The maximum absolute atomic E-state index is 13.7. The van der Waals surface area contributed by atoms with Crippen LogP contribution >= 0.6 is 0 Å². The van der Waals surface area contributed by atoms with E-state index in [9.17, 15) is 14.0 Å². The minimum absolute atomic E-state index is 0.0436. The molecule has 3 rings (SSSR count). The fourth-order valence-corrected chi connectivity index (χ4v) is 3.50. The van der Waals surface area contributed by atoms with Crippen LogP contribution in [-0.4, -0.2) is 49.5 Å². The van der Waals surface area contributed by atoms with Gasteiger partial charge in [0, 0.05) is 19.1 Å². The molecule has 2 aliphatic rings. The number of nitrogens with one attached hydrogen (secondary N) is 2. The number of morpholine rings is 1. The first kappa shape index (κ1) is 18.4. The number of nitrogens with zero attached hydrogens (tertiary/aromatic N) is 1. The van der Waals surface area contributed by atoms with Gasteiger partial charge < -0.3 is 25.4 Å². The first-order valence-corrected chi connectivity index (χ1v) is 8.95. The van der Waals surface area contributed by atoms with Crippen molar-refractivity contribution >= 4 is 23.4 Å². The molecule has 0 atom stereocenters. The first-order chi connectivity index (χ1) is 12.5. The number of hydrogen-bond acceptors (Lipinski definition) is 4. The highest BCUT2D eigenvalue weighted by molar-refractivity contribution is 5.93. The van der Waals surface area contributed by atoms with E-state index in [1.54, 1.807) is 6.07 Å². The summed E-state index contributed by atoms with van der Waals surface area (Å²) in [5.41, 5.74) is 1.18. The zero-order chi connectivity index (χ0) is 18.5. The Bertz CT molecular complexity index is 656. The number of hydrogen-bond donors (Lipinski definition) is 3. The number of anilines is 2. The third-order valence-electron chi connectivity index (χ3n) is 4.97. The molecule has 0 spiro atoms. The summed E-state index contributed by atoms with van der Waals surface area (Å²) in [7, 11) is 0. The van der Waals surface area contributed by atoms with Crippen LogP contribution in [0.1, 0.15) is 25.7 Å². The van der Waals surface area contributed by atoms with Crippen LogP contribution in [0.3, 0.4) is 0 Å². The summed E-state index contributed by atoms with van der Waals surface area (Å²) in [5.74, 6) is -1.44. The van der Waals surface area contributed by atoms with Gasteiger partial charge in [-0.3, -0.25) is 4.79 Å². The standard InChI is InChI=1S/C18H24FN3O4/c19-13-3-6-15(16(11-13)22-7-9-26-10-8-22)21-18(25)20-14-4-1-12(2-5-14)17(23)24/h3,6,11-12,14H,1-2,4-5,7-10H2,(H,23,24)(H2,20,21,25). The molecular formula is C18H24FN3O4. The molecular weight excluding hydrogens is 341 g/mol. The SMILES string of the molecule is O=C(Nc1ccc(F)cc1N1CCOCC1)NC1CCC(C(=O)O)CC1. The van der Waals surface area contributed by atoms with Crippen LogP contribution in [0.2, 0.25) is 0 Å². The van der Waals surface area contributed by atoms with Gasteiger partial charge in [-0.05, 0) is 43.9 Å². The maximum atomic E-state index is 13.7. The van der Waals surface area contributed by atoms with Crippen molar-refractivity contribution in [2.45, 2.75) is 31.7 Å². The molecule has 26 heavy (non-hydrogen) atoms. The Hall–Kier alpha value is -2.35. The summed E-state index contributed by atoms with van der Waals surface area (Å²) in [6, 6.07) is 3.89. The monoisotopic (exact) mass is 365 g/mol. The smallest absolute Gasteiger partial charge is 0.319 e. The number of carbonyl (C=O) groups excluding carboxylic acids is 1. The number of amides is 2. The molecule has 3 N–H and O–H groups in total. The molecule has 1 heterocycles. The summed E-state index contributed by atoms with van der Waals surface area (Å²) in [6.07, 6.45) is 2.42. The lowest BCUT2D eigenvalue weighted by Crippen LogP contribution is -2.41. The molecule has 1 saturated carbocycles. The van der Waals surface area contributed by atoms with Crippen molar-refractivity contribution in [3.8, 4) is 0 Å². The number of carboxylic acid groups (broad SMARTS) is 1. The summed E-state index contributed by atoms with van der Waals surface area (Å²) in [6.45, 7) is 2.40. The van der Waals surface area contributed by atoms with Crippen LogP contribution in [0.15, 0.2) is 18.2 Å². The van der Waals surface area contributed by atoms with E-state index in [4.69, 9.17) is 9.84 Å². The van der Waals surface area contributed by atoms with Gasteiger partial charge in [-0.25, -0.2) is 9.18 Å². The highest BCUT2D eigenvalue weighted by Crippen LogP contribution is 2.28. The second kappa shape index (κ2) is 8.35. The Balaban J connectivity index is 1.60. The molecule has 8 heteroatoms. The molecule has 7 nitrogen and oxygen atoms in total. The zero-order valence-electron chi connectivity index (χ0n) is 14.5. The predicted molar refractivity (Wildman–Crippen MR) is 95.0 cm³/mol. The van der Waals surface area contributed by atoms with Crippen molar-refractivity contribution in [2.24, 2.45) is 5.92 Å². The maximum Gasteiger partial charge on any atom is 0.319 e. The highest BCUT2D eigenvalue weighted by Gasteiger charge is 2.27. The molecule has 2 fully saturated rings. The predicted octanol–water partition coefficient (Wildman–Crippen LogP) is 2.43. The number of urea groups is 1. The fourth-order valence-electron chi connectivity index (χ4n) is 3.50. The second-order valence-electron chi connectivity index (χ2n) is 6.75. The molecule has 0 unspecified atom stereocenters. The van der Waals surface area contributed by atoms with Crippen LogP contribution in [0, 0.1) is 11.7 Å². The zero-order valence-corrected chi connectivity index (χ0v) is 14.5. The first-order valence-electron chi connectivity index (χ1n) is 8.95. The van der Waals surface area contributed by atoms with E-state index in [1.807, 2.05) is 4.90 Å². The minimum Gasteiger partial charge on any atom is -0.481 e. The van der Waals surface area contributed by atoms with Gasteiger partial charge in [0.2, 0.25) is 0 Å². The lowest BCUT2D eigenvalue weighted by molar-refractivity contribution is -0.142. The Labute approximate surface area is 151 Å². The van der Waals surface area contributed by atoms with Crippen LogP contribution in [0.5, 0.6) is 0 Å². The van der Waals surface area contributed by atoms with Crippen LogP contribution < -0.4 is 15.5 Å². The molecule has 0 aromatic heterocycles. The van der Waals surface area contributed by atoms with E-state index >= 15 is 0 Å². The number of rotatable bonds is 4. The third-order valence-corrected chi connectivity index (χ3v) is 4.97. The molecule has 1 aliphatic heterocycles. The van der Waals surface area contributed by atoms with Crippen LogP contribution in [-0.2, 0) is 9.53 Å². The Morgan fingerprint density at radius 2 is 1.85 bits per heavy atom. The summed E-state index contributed by atoms with van der Waals surface area (Å²) in [5, 5.41) is 14.7. The number of carboxylic acids is 1. The normalized spacial score (nSPS) is 23.3. The minimum atomic E-state index is -0.769. The van der Waals surface area contributed by atoms with Crippen molar-refractivity contribution in [1.29, 1.82) is 0 Å². The van der Waals surface area contributed by atoms with Crippen molar-refractivity contribution in [2.75, 3.05) is 36.5 Å². The summed E-state index contributed by atoms with van der Waals surface area (Å²) >= 11 is 0. The number of carbonyl (C=O) groups is 2. The molecule has 0 radical (unpaired) electrons. The van der Waals surface area contributed by atoms with E-state index in [0.717, 1.165) is 0 Å².